The summed E-state index contributed by atoms with van der Waals surface area (Å²) >= 11 is 5.68. The molecule has 11 heavy (non-hydrogen) atoms. The normalized spacial score (nSPS) is 16.8. The highest BCUT2D eigenvalue weighted by Gasteiger charge is 2.22. The zero-order valence-electron chi connectivity index (χ0n) is 6.13. The molecule has 2 rings (SSSR count). The summed E-state index contributed by atoms with van der Waals surface area (Å²) < 4.78 is 0. The van der Waals surface area contributed by atoms with Gasteiger partial charge in [0.1, 0.15) is 5.15 Å². The van der Waals surface area contributed by atoms with Crippen molar-refractivity contribution < 1.29 is 0 Å². The van der Waals surface area contributed by atoms with Crippen LogP contribution in [0.1, 0.15) is 18.5 Å². The van der Waals surface area contributed by atoms with Gasteiger partial charge in [-0.3, -0.25) is 4.98 Å². The summed E-state index contributed by atoms with van der Waals surface area (Å²) in [6.45, 7) is 0. The van der Waals surface area contributed by atoms with Crippen molar-refractivity contribution in [3.8, 4) is 0 Å². The van der Waals surface area contributed by atoms with Gasteiger partial charge in [-0.1, -0.05) is 11.6 Å². The molecule has 1 fully saturated rings. The molecule has 1 aliphatic rings. The third-order valence-corrected chi connectivity index (χ3v) is 2.03. The molecule has 1 aromatic rings. The van der Waals surface area contributed by atoms with Crippen LogP contribution in [0.2, 0.25) is 5.15 Å². The van der Waals surface area contributed by atoms with Crippen LogP contribution in [0.3, 0.4) is 0 Å². The van der Waals surface area contributed by atoms with Crippen molar-refractivity contribution in [2.45, 2.75) is 19.3 Å². The standard InChI is InChI=1S/C8H9ClN2/c9-8-5-10-4-7(11-8)3-6-1-2-6/h4-6H,1-3H2. The van der Waals surface area contributed by atoms with E-state index >= 15 is 0 Å². The second-order valence-electron chi connectivity index (χ2n) is 2.98. The van der Waals surface area contributed by atoms with E-state index in [1.54, 1.807) is 12.4 Å². The first-order valence-corrected chi connectivity index (χ1v) is 4.19. The minimum Gasteiger partial charge on any atom is -0.260 e. The number of nitrogens with zero attached hydrogens (tertiary/aromatic N) is 2. The van der Waals surface area contributed by atoms with Crippen LogP contribution in [0.25, 0.3) is 0 Å². The Hall–Kier alpha value is -0.630. The molecule has 2 nitrogen and oxygen atoms in total. The van der Waals surface area contributed by atoms with Crippen LogP contribution >= 0.6 is 11.6 Å². The van der Waals surface area contributed by atoms with Crippen molar-refractivity contribution in [3.05, 3.63) is 23.2 Å². The third-order valence-electron chi connectivity index (χ3n) is 1.85. The molecule has 1 aromatic heterocycles. The van der Waals surface area contributed by atoms with Gasteiger partial charge in [0.2, 0.25) is 0 Å². The van der Waals surface area contributed by atoms with E-state index in [0.29, 0.717) is 5.15 Å². The zero-order valence-corrected chi connectivity index (χ0v) is 6.88. The highest BCUT2D eigenvalue weighted by Crippen LogP contribution is 2.31. The van der Waals surface area contributed by atoms with Gasteiger partial charge in [0.15, 0.2) is 0 Å². The van der Waals surface area contributed by atoms with Gasteiger partial charge in [0, 0.05) is 6.20 Å². The molecule has 1 heterocycles. The Morgan fingerprint density at radius 2 is 2.27 bits per heavy atom. The molecular weight excluding hydrogens is 160 g/mol. The molecular formula is C8H9ClN2. The van der Waals surface area contributed by atoms with Crippen LogP contribution in [0, 0.1) is 5.92 Å². The minimum atomic E-state index is 0.503. The highest BCUT2D eigenvalue weighted by atomic mass is 35.5. The molecule has 0 atom stereocenters. The topological polar surface area (TPSA) is 25.8 Å². The Morgan fingerprint density at radius 1 is 1.45 bits per heavy atom. The van der Waals surface area contributed by atoms with E-state index in [-0.39, 0.29) is 0 Å². The van der Waals surface area contributed by atoms with Gasteiger partial charge in [-0.25, -0.2) is 4.98 Å². The number of rotatable bonds is 2. The smallest absolute Gasteiger partial charge is 0.147 e. The lowest BCUT2D eigenvalue weighted by molar-refractivity contribution is 0.797. The Morgan fingerprint density at radius 3 is 2.91 bits per heavy atom. The van der Waals surface area contributed by atoms with Crippen LogP contribution in [0.4, 0.5) is 0 Å². The van der Waals surface area contributed by atoms with Gasteiger partial charge >= 0.3 is 0 Å². The summed E-state index contributed by atoms with van der Waals surface area (Å²) in [6, 6.07) is 0. The lowest BCUT2D eigenvalue weighted by atomic mass is 10.2. The van der Waals surface area contributed by atoms with Crippen molar-refractivity contribution in [1.82, 2.24) is 9.97 Å². The summed E-state index contributed by atoms with van der Waals surface area (Å²) in [5, 5.41) is 0.503. The van der Waals surface area contributed by atoms with Gasteiger partial charge < -0.3 is 0 Å². The Balaban J connectivity index is 2.10. The average molecular weight is 169 g/mol. The molecule has 0 spiro atoms. The van der Waals surface area contributed by atoms with Gasteiger partial charge in [-0.05, 0) is 25.2 Å². The monoisotopic (exact) mass is 168 g/mol. The fourth-order valence-electron chi connectivity index (χ4n) is 1.10. The van der Waals surface area contributed by atoms with E-state index in [1.165, 1.54) is 12.8 Å². The van der Waals surface area contributed by atoms with Crippen molar-refractivity contribution in [3.63, 3.8) is 0 Å². The molecule has 1 saturated carbocycles. The van der Waals surface area contributed by atoms with Gasteiger partial charge in [0.25, 0.3) is 0 Å². The lowest BCUT2D eigenvalue weighted by Gasteiger charge is -1.96. The van der Waals surface area contributed by atoms with Crippen LogP contribution in [0.15, 0.2) is 12.4 Å². The molecule has 0 unspecified atom stereocenters. The summed E-state index contributed by atoms with van der Waals surface area (Å²) in [6.07, 6.45) is 7.10. The van der Waals surface area contributed by atoms with Crippen molar-refractivity contribution in [2.24, 2.45) is 5.92 Å². The van der Waals surface area contributed by atoms with Gasteiger partial charge in [-0.2, -0.15) is 0 Å². The number of aromatic nitrogens is 2. The van der Waals surface area contributed by atoms with Gasteiger partial charge in [-0.15, -0.1) is 0 Å². The third kappa shape index (κ3) is 1.90. The summed E-state index contributed by atoms with van der Waals surface area (Å²) in [5.74, 6) is 0.850. The van der Waals surface area contributed by atoms with E-state index in [9.17, 15) is 0 Å². The van der Waals surface area contributed by atoms with E-state index in [4.69, 9.17) is 11.6 Å². The zero-order chi connectivity index (χ0) is 7.68. The molecule has 0 aliphatic heterocycles. The molecule has 1 aliphatic carbocycles. The Bertz CT molecular complexity index is 258. The predicted octanol–water partition coefficient (Wildman–Crippen LogP) is 2.08. The number of hydrogen-bond acceptors (Lipinski definition) is 2. The van der Waals surface area contributed by atoms with E-state index in [2.05, 4.69) is 9.97 Å². The quantitative estimate of drug-likeness (QED) is 0.676. The molecule has 0 amide bonds. The minimum absolute atomic E-state index is 0.503. The largest absolute Gasteiger partial charge is 0.260 e. The summed E-state index contributed by atoms with van der Waals surface area (Å²) in [4.78, 5) is 8.13. The molecule has 0 radical (unpaired) electrons. The van der Waals surface area contributed by atoms with Crippen LogP contribution in [-0.2, 0) is 6.42 Å². The maximum absolute atomic E-state index is 5.68. The van der Waals surface area contributed by atoms with Gasteiger partial charge in [0.05, 0.1) is 11.9 Å². The first-order valence-electron chi connectivity index (χ1n) is 3.81. The molecule has 0 aromatic carbocycles. The first-order chi connectivity index (χ1) is 5.34. The SMILES string of the molecule is Clc1cncc(CC2CC2)n1. The maximum Gasteiger partial charge on any atom is 0.147 e. The summed E-state index contributed by atoms with van der Waals surface area (Å²) in [5.41, 5.74) is 1.03. The molecule has 3 heteroatoms. The predicted molar refractivity (Wildman–Crippen MR) is 43.5 cm³/mol. The Kier molecular flexibility index (Phi) is 1.78. The average Bonchev–Trinajstić information content (AvgIpc) is 2.71. The Labute approximate surface area is 70.6 Å². The molecule has 58 valence electrons. The van der Waals surface area contributed by atoms with Crippen LogP contribution in [-0.4, -0.2) is 9.97 Å². The maximum atomic E-state index is 5.68. The molecule has 0 N–H and O–H groups in total. The highest BCUT2D eigenvalue weighted by molar-refractivity contribution is 6.29. The van der Waals surface area contributed by atoms with Crippen molar-refractivity contribution >= 4 is 11.6 Å². The first kappa shape index (κ1) is 7.04. The lowest BCUT2D eigenvalue weighted by Crippen LogP contribution is -1.92. The number of halogens is 1. The van der Waals surface area contributed by atoms with E-state index < -0.39 is 0 Å². The second-order valence-corrected chi connectivity index (χ2v) is 3.37. The second kappa shape index (κ2) is 2.78. The van der Waals surface area contributed by atoms with Crippen LogP contribution < -0.4 is 0 Å². The summed E-state index contributed by atoms with van der Waals surface area (Å²) in [7, 11) is 0. The van der Waals surface area contributed by atoms with E-state index in [1.807, 2.05) is 0 Å². The number of hydrogen-bond donors (Lipinski definition) is 0. The van der Waals surface area contributed by atoms with E-state index in [0.717, 1.165) is 18.0 Å². The van der Waals surface area contributed by atoms with Crippen LogP contribution in [0.5, 0.6) is 0 Å². The fourth-order valence-corrected chi connectivity index (χ4v) is 1.26. The molecule has 0 bridgehead atoms. The van der Waals surface area contributed by atoms with Crippen molar-refractivity contribution in [2.75, 3.05) is 0 Å². The molecule has 0 saturated heterocycles. The van der Waals surface area contributed by atoms with Crippen molar-refractivity contribution in [1.29, 1.82) is 0 Å². The fraction of sp³-hybridized carbons (Fsp3) is 0.500.